The second-order valence-electron chi connectivity index (χ2n) is 23.4. The van der Waals surface area contributed by atoms with Crippen LogP contribution >= 0.6 is 0 Å². The molecule has 0 aromatic rings. The molecule has 0 heterocycles. The van der Waals surface area contributed by atoms with Gasteiger partial charge in [-0.1, -0.05) is 325 Å². The molecule has 464 valence electrons. The van der Waals surface area contributed by atoms with Gasteiger partial charge in [-0.25, -0.2) is 0 Å². The Hall–Kier alpha value is -3.15. The highest BCUT2D eigenvalue weighted by molar-refractivity contribution is 5.71. The molecule has 6 heteroatoms. The lowest BCUT2D eigenvalue weighted by atomic mass is 10.0. The molecule has 0 spiro atoms. The molecule has 0 radical (unpaired) electrons. The first-order valence-electron chi connectivity index (χ1n) is 34.9. The highest BCUT2D eigenvalue weighted by Gasteiger charge is 2.19. The van der Waals surface area contributed by atoms with E-state index < -0.39 is 6.10 Å². The summed E-state index contributed by atoms with van der Waals surface area (Å²) in [6.07, 6.45) is 89.2. The summed E-state index contributed by atoms with van der Waals surface area (Å²) in [6, 6.07) is 0. The molecule has 0 aromatic carbocycles. The lowest BCUT2D eigenvalue weighted by Gasteiger charge is -2.18. The third-order valence-corrected chi connectivity index (χ3v) is 15.4. The quantitative estimate of drug-likeness (QED) is 0.0261. The molecule has 80 heavy (non-hydrogen) atoms. The molecular formula is C74H132O6. The number of ether oxygens (including phenoxy) is 3. The molecule has 1 atom stereocenters. The largest absolute Gasteiger partial charge is 0.462 e. The van der Waals surface area contributed by atoms with E-state index in [1.165, 1.54) is 218 Å². The number of hydrogen-bond acceptors (Lipinski definition) is 6. The molecule has 0 N–H and O–H groups in total. The molecule has 0 saturated carbocycles. The Morgan fingerprint density at radius 3 is 0.787 bits per heavy atom. The van der Waals surface area contributed by atoms with E-state index in [1.54, 1.807) is 0 Å². The fourth-order valence-electron chi connectivity index (χ4n) is 10.2. The Morgan fingerprint density at radius 1 is 0.263 bits per heavy atom. The Balaban J connectivity index is 4.28. The summed E-state index contributed by atoms with van der Waals surface area (Å²) >= 11 is 0. The van der Waals surface area contributed by atoms with Crippen molar-refractivity contribution in [3.63, 3.8) is 0 Å². The third-order valence-electron chi connectivity index (χ3n) is 15.4. The van der Waals surface area contributed by atoms with E-state index in [1.807, 2.05) is 0 Å². The summed E-state index contributed by atoms with van der Waals surface area (Å²) < 4.78 is 17.0. The average molecular weight is 1120 g/mol. The Bertz CT molecular complexity index is 1470. The van der Waals surface area contributed by atoms with E-state index in [9.17, 15) is 14.4 Å². The molecule has 0 aliphatic carbocycles. The van der Waals surface area contributed by atoms with Crippen LogP contribution in [0.5, 0.6) is 0 Å². The van der Waals surface area contributed by atoms with Gasteiger partial charge in [0, 0.05) is 19.3 Å². The highest BCUT2D eigenvalue weighted by atomic mass is 16.6. The van der Waals surface area contributed by atoms with Crippen LogP contribution < -0.4 is 0 Å². The van der Waals surface area contributed by atoms with Gasteiger partial charge in [0.25, 0.3) is 0 Å². The molecule has 0 fully saturated rings. The maximum Gasteiger partial charge on any atom is 0.306 e. The van der Waals surface area contributed by atoms with Crippen molar-refractivity contribution in [3.05, 3.63) is 72.9 Å². The maximum atomic E-state index is 13.0. The van der Waals surface area contributed by atoms with Crippen molar-refractivity contribution in [3.8, 4) is 0 Å². The number of hydrogen-bond donors (Lipinski definition) is 0. The van der Waals surface area contributed by atoms with E-state index in [2.05, 4.69) is 93.7 Å². The van der Waals surface area contributed by atoms with Gasteiger partial charge in [0.05, 0.1) is 0 Å². The number of carbonyl (C=O) groups excluding carboxylic acids is 3. The minimum absolute atomic E-state index is 0.0759. The molecule has 6 nitrogen and oxygen atoms in total. The van der Waals surface area contributed by atoms with Gasteiger partial charge >= 0.3 is 17.9 Å². The SMILES string of the molecule is CC/C=C\C/C=C\C/C=C\C/C=C\CCCCCCCCCCCCCCCCC(=O)OCC(COC(=O)CCCCCCC/C=C\C/C=C\CCCCC)OC(=O)CCCCCCCCCCCCCCCCCCCCCC. The molecule has 0 aliphatic heterocycles. The van der Waals surface area contributed by atoms with Gasteiger partial charge in [-0.05, 0) is 89.9 Å². The van der Waals surface area contributed by atoms with Crippen LogP contribution in [0.15, 0.2) is 72.9 Å². The van der Waals surface area contributed by atoms with Crippen molar-refractivity contribution < 1.29 is 28.6 Å². The number of rotatable bonds is 64. The number of esters is 3. The first-order chi connectivity index (χ1) is 39.5. The smallest absolute Gasteiger partial charge is 0.306 e. The van der Waals surface area contributed by atoms with Gasteiger partial charge in [0.15, 0.2) is 6.10 Å². The minimum Gasteiger partial charge on any atom is -0.462 e. The summed E-state index contributed by atoms with van der Waals surface area (Å²) in [5.74, 6) is -0.868. The van der Waals surface area contributed by atoms with Crippen LogP contribution in [0.3, 0.4) is 0 Å². The topological polar surface area (TPSA) is 78.9 Å². The molecule has 0 aromatic heterocycles. The fraction of sp³-hybridized carbons (Fsp3) is 0.797. The zero-order valence-corrected chi connectivity index (χ0v) is 53.3. The predicted molar refractivity (Wildman–Crippen MR) is 348 cm³/mol. The van der Waals surface area contributed by atoms with Crippen molar-refractivity contribution in [2.24, 2.45) is 0 Å². The van der Waals surface area contributed by atoms with Gasteiger partial charge in [0.1, 0.15) is 13.2 Å². The molecule has 0 bridgehead atoms. The van der Waals surface area contributed by atoms with Crippen LogP contribution in [0.2, 0.25) is 0 Å². The summed E-state index contributed by atoms with van der Waals surface area (Å²) in [7, 11) is 0. The Labute approximate surface area is 497 Å². The van der Waals surface area contributed by atoms with Crippen molar-refractivity contribution in [1.29, 1.82) is 0 Å². The zero-order chi connectivity index (χ0) is 57.8. The lowest BCUT2D eigenvalue weighted by molar-refractivity contribution is -0.167. The minimum atomic E-state index is -0.780. The van der Waals surface area contributed by atoms with E-state index >= 15 is 0 Å². The number of allylic oxidation sites excluding steroid dienone is 12. The summed E-state index contributed by atoms with van der Waals surface area (Å²) in [5.41, 5.74) is 0. The van der Waals surface area contributed by atoms with Gasteiger partial charge < -0.3 is 14.2 Å². The zero-order valence-electron chi connectivity index (χ0n) is 53.3. The van der Waals surface area contributed by atoms with Crippen LogP contribution in [-0.2, 0) is 28.6 Å². The summed E-state index contributed by atoms with van der Waals surface area (Å²) in [6.45, 7) is 6.55. The number of unbranched alkanes of at least 4 members (excludes halogenated alkanes) is 41. The maximum absolute atomic E-state index is 13.0. The first kappa shape index (κ1) is 76.9. The number of carbonyl (C=O) groups is 3. The normalized spacial score (nSPS) is 12.5. The lowest BCUT2D eigenvalue weighted by Crippen LogP contribution is -2.30. The first-order valence-corrected chi connectivity index (χ1v) is 34.9. The van der Waals surface area contributed by atoms with E-state index in [-0.39, 0.29) is 31.1 Å². The molecular weight excluding hydrogens is 985 g/mol. The van der Waals surface area contributed by atoms with Crippen LogP contribution in [0, 0.1) is 0 Å². The molecule has 0 rings (SSSR count). The fourth-order valence-corrected chi connectivity index (χ4v) is 10.2. The second-order valence-corrected chi connectivity index (χ2v) is 23.4. The van der Waals surface area contributed by atoms with Crippen molar-refractivity contribution in [2.45, 2.75) is 367 Å². The third kappa shape index (κ3) is 65.7. The van der Waals surface area contributed by atoms with Crippen molar-refractivity contribution in [2.75, 3.05) is 13.2 Å². The van der Waals surface area contributed by atoms with Crippen LogP contribution in [0.25, 0.3) is 0 Å². The second kappa shape index (κ2) is 68.3. The van der Waals surface area contributed by atoms with Gasteiger partial charge in [-0.15, -0.1) is 0 Å². The standard InChI is InChI=1S/C74H132O6/c1-4-7-10-13-16-19-22-25-28-30-32-34-35-36-37-38-39-40-42-43-46-49-52-55-58-61-64-67-73(76)79-70-71(69-78-72(75)66-63-60-57-54-51-48-45-27-24-21-18-15-12-9-6-3)80-74(77)68-65-62-59-56-53-50-47-44-41-33-31-29-26-23-20-17-14-11-8-5-2/h7,10,16,18-19,21,25,27-28,32,34,45,71H,4-6,8-9,11-15,17,20,22-24,26,29-31,33,35-44,46-70H2,1-3H3/b10-7-,19-16-,21-18-,28-25-,34-32-,45-27-. The Kier molecular flexibility index (Phi) is 65.7. The molecule has 0 aliphatic rings. The van der Waals surface area contributed by atoms with E-state index in [0.29, 0.717) is 19.3 Å². The van der Waals surface area contributed by atoms with E-state index in [0.717, 1.165) is 103 Å². The van der Waals surface area contributed by atoms with Crippen molar-refractivity contribution >= 4 is 17.9 Å². The van der Waals surface area contributed by atoms with Crippen molar-refractivity contribution in [1.82, 2.24) is 0 Å². The summed E-state index contributed by atoms with van der Waals surface area (Å²) in [4.78, 5) is 38.4. The van der Waals surface area contributed by atoms with Crippen LogP contribution in [0.1, 0.15) is 361 Å². The Morgan fingerprint density at radius 2 is 0.487 bits per heavy atom. The predicted octanol–water partition coefficient (Wildman–Crippen LogP) is 24.1. The van der Waals surface area contributed by atoms with Gasteiger partial charge in [0.2, 0.25) is 0 Å². The van der Waals surface area contributed by atoms with Crippen LogP contribution in [0.4, 0.5) is 0 Å². The van der Waals surface area contributed by atoms with Gasteiger partial charge in [-0.2, -0.15) is 0 Å². The van der Waals surface area contributed by atoms with Gasteiger partial charge in [-0.3, -0.25) is 14.4 Å². The summed E-state index contributed by atoms with van der Waals surface area (Å²) in [5, 5.41) is 0. The monoisotopic (exact) mass is 1120 g/mol. The molecule has 0 saturated heterocycles. The average Bonchev–Trinajstić information content (AvgIpc) is 3.46. The van der Waals surface area contributed by atoms with Crippen LogP contribution in [-0.4, -0.2) is 37.2 Å². The van der Waals surface area contributed by atoms with E-state index in [4.69, 9.17) is 14.2 Å². The highest BCUT2D eigenvalue weighted by Crippen LogP contribution is 2.18. The molecule has 0 amide bonds. The molecule has 1 unspecified atom stereocenters.